The lowest BCUT2D eigenvalue weighted by molar-refractivity contribution is -0.265. The molecule has 0 amide bonds. The summed E-state index contributed by atoms with van der Waals surface area (Å²) in [5.41, 5.74) is 2.78. The molecule has 5 heteroatoms. The summed E-state index contributed by atoms with van der Waals surface area (Å²) in [6.45, 7) is 1.04. The predicted octanol–water partition coefficient (Wildman–Crippen LogP) is 4.02. The van der Waals surface area contributed by atoms with E-state index < -0.39 is 5.60 Å². The molecule has 8 rings (SSSR count). The summed E-state index contributed by atoms with van der Waals surface area (Å²) in [6.07, 6.45) is 4.66. The highest BCUT2D eigenvalue weighted by Crippen LogP contribution is 2.76. The minimum atomic E-state index is -0.631. The molecule has 0 radical (unpaired) electrons. The van der Waals surface area contributed by atoms with E-state index in [0.717, 1.165) is 55.7 Å². The first-order valence-electron chi connectivity index (χ1n) is 12.2. The van der Waals surface area contributed by atoms with Crippen LogP contribution in [0.5, 0.6) is 11.5 Å². The highest BCUT2D eigenvalue weighted by molar-refractivity contribution is 5.99. The van der Waals surface area contributed by atoms with Gasteiger partial charge in [-0.3, -0.25) is 4.79 Å². The number of Topliss-reactive ketones (excluding diaryl/α,β-unsaturated/α-hetero) is 1. The van der Waals surface area contributed by atoms with Crippen LogP contribution >= 0.6 is 0 Å². The minimum absolute atomic E-state index is 0.00463. The fraction of sp³-hybridized carbons (Fsp3) is 0.536. The van der Waals surface area contributed by atoms with Gasteiger partial charge in [-0.1, -0.05) is 36.4 Å². The van der Waals surface area contributed by atoms with Crippen LogP contribution in [0.3, 0.4) is 0 Å². The third-order valence-corrected chi connectivity index (χ3v) is 10.2. The summed E-state index contributed by atoms with van der Waals surface area (Å²) >= 11 is 0. The summed E-state index contributed by atoms with van der Waals surface area (Å²) in [6, 6.07) is 14.5. The van der Waals surface area contributed by atoms with Gasteiger partial charge in [0.1, 0.15) is 11.7 Å². The zero-order valence-electron chi connectivity index (χ0n) is 19.6. The first-order chi connectivity index (χ1) is 16.0. The van der Waals surface area contributed by atoms with Crippen molar-refractivity contribution in [3.05, 3.63) is 59.2 Å². The third-order valence-electron chi connectivity index (χ3n) is 10.2. The second-order valence-electron chi connectivity index (χ2n) is 10.9. The normalized spacial score (nSPS) is 39.7. The van der Waals surface area contributed by atoms with Crippen molar-refractivity contribution >= 4 is 5.78 Å². The predicted molar refractivity (Wildman–Crippen MR) is 124 cm³/mol. The van der Waals surface area contributed by atoms with Gasteiger partial charge < -0.3 is 19.1 Å². The lowest BCUT2D eigenvalue weighted by atomic mass is 9.34. The van der Waals surface area contributed by atoms with Crippen molar-refractivity contribution in [3.8, 4) is 11.5 Å². The molecule has 2 aromatic carbocycles. The molecule has 4 fully saturated rings. The largest absolute Gasteiger partial charge is 0.493 e. The highest BCUT2D eigenvalue weighted by atomic mass is 16.6. The number of likely N-dealkylation sites (tertiary alicyclic amines) is 1. The number of ether oxygens (including phenoxy) is 3. The summed E-state index contributed by atoms with van der Waals surface area (Å²) in [4.78, 5) is 16.6. The van der Waals surface area contributed by atoms with E-state index in [2.05, 4.69) is 24.1 Å². The summed E-state index contributed by atoms with van der Waals surface area (Å²) in [5, 5.41) is 0. The number of carbonyl (C=O) groups is 1. The zero-order chi connectivity index (χ0) is 22.6. The van der Waals surface area contributed by atoms with Crippen LogP contribution in [0.4, 0.5) is 0 Å². The summed E-state index contributed by atoms with van der Waals surface area (Å²) in [5.74, 6) is 1.70. The fourth-order valence-corrected chi connectivity index (χ4v) is 8.93. The van der Waals surface area contributed by atoms with Crippen LogP contribution in [0, 0.1) is 11.3 Å². The molecule has 1 saturated heterocycles. The lowest BCUT2D eigenvalue weighted by Gasteiger charge is -2.73. The Labute approximate surface area is 195 Å². The molecule has 2 aromatic rings. The summed E-state index contributed by atoms with van der Waals surface area (Å²) in [7, 11) is 5.78. The van der Waals surface area contributed by atoms with Gasteiger partial charge in [0.2, 0.25) is 0 Å². The number of hydrogen-bond acceptors (Lipinski definition) is 5. The topological polar surface area (TPSA) is 48.0 Å². The molecule has 2 spiro atoms. The Morgan fingerprint density at radius 3 is 2.67 bits per heavy atom. The number of rotatable bonds is 4. The van der Waals surface area contributed by atoms with E-state index in [-0.39, 0.29) is 28.6 Å². The van der Waals surface area contributed by atoms with Crippen molar-refractivity contribution in [3.63, 3.8) is 0 Å². The van der Waals surface area contributed by atoms with Crippen molar-refractivity contribution in [1.29, 1.82) is 0 Å². The molecule has 0 N–H and O–H groups in total. The van der Waals surface area contributed by atoms with Gasteiger partial charge in [0.05, 0.1) is 13.0 Å². The van der Waals surface area contributed by atoms with E-state index in [1.807, 2.05) is 30.3 Å². The Bertz CT molecular complexity index is 1160. The first-order valence-corrected chi connectivity index (χ1v) is 12.2. The number of likely N-dealkylation sites (N-methyl/N-ethyl adjacent to an activating group) is 1. The average Bonchev–Trinajstić information content (AvgIpc) is 3.23. The molecule has 4 bridgehead atoms. The van der Waals surface area contributed by atoms with Crippen molar-refractivity contribution in [2.45, 2.75) is 55.3 Å². The van der Waals surface area contributed by atoms with E-state index in [4.69, 9.17) is 14.2 Å². The number of methoxy groups -OCH3 is 2. The monoisotopic (exact) mass is 445 g/mol. The zero-order valence-corrected chi connectivity index (χ0v) is 19.6. The third kappa shape index (κ3) is 2.07. The van der Waals surface area contributed by atoms with E-state index >= 15 is 0 Å². The van der Waals surface area contributed by atoms with Crippen LogP contribution in [-0.4, -0.2) is 56.2 Å². The lowest BCUT2D eigenvalue weighted by Crippen LogP contribution is -2.81. The maximum Gasteiger partial charge on any atom is 0.168 e. The Morgan fingerprint density at radius 2 is 1.91 bits per heavy atom. The Hall–Kier alpha value is -2.37. The van der Waals surface area contributed by atoms with Crippen LogP contribution < -0.4 is 9.47 Å². The van der Waals surface area contributed by atoms with Gasteiger partial charge >= 0.3 is 0 Å². The van der Waals surface area contributed by atoms with E-state index in [1.54, 1.807) is 14.2 Å². The van der Waals surface area contributed by atoms with Crippen LogP contribution in [-0.2, 0) is 16.6 Å². The molecular weight excluding hydrogens is 414 g/mol. The number of hydrogen-bond donors (Lipinski definition) is 0. The molecular formula is C28H31NO4. The van der Waals surface area contributed by atoms with Crippen molar-refractivity contribution in [2.24, 2.45) is 11.3 Å². The average molecular weight is 446 g/mol. The van der Waals surface area contributed by atoms with E-state index in [1.165, 1.54) is 11.1 Å². The van der Waals surface area contributed by atoms with Gasteiger partial charge in [-0.2, -0.15) is 0 Å². The fourth-order valence-electron chi connectivity index (χ4n) is 8.93. The van der Waals surface area contributed by atoms with Gasteiger partial charge in [0.15, 0.2) is 17.3 Å². The molecule has 5 nitrogen and oxygen atoms in total. The molecule has 0 aromatic heterocycles. The van der Waals surface area contributed by atoms with Crippen molar-refractivity contribution < 1.29 is 19.0 Å². The Kier molecular flexibility index (Phi) is 3.88. The highest BCUT2D eigenvalue weighted by Gasteiger charge is 2.81. The standard InChI is InChI=1S/C28H31NO4/c1-29-14-13-27-22-18-9-10-20(31-2)24(22)33-25(27)28(32-3)12-11-26(27,21(29)15-18)16-19(28)23(30)17-7-5-4-6-8-17/h4-10,19,21,25H,11-16H2,1-3H3/t19-,21+,25+,26-,27-,28?/m0/s1. The van der Waals surface area contributed by atoms with Gasteiger partial charge in [-0.05, 0) is 57.3 Å². The number of carbonyl (C=O) groups excluding carboxylic acids is 1. The SMILES string of the molecule is COc1ccc2c3c1O[C@H]1C4(OC)CC[C@]5(C[C@H]4C(=O)c4ccccc4)[C@@H](C2)N(C)CC[C@]315. The molecule has 6 atom stereocenters. The van der Waals surface area contributed by atoms with Gasteiger partial charge in [-0.25, -0.2) is 0 Å². The van der Waals surface area contributed by atoms with E-state index in [0.29, 0.717) is 6.04 Å². The molecule has 172 valence electrons. The molecule has 1 unspecified atom stereocenters. The Morgan fingerprint density at radius 1 is 1.09 bits per heavy atom. The number of nitrogens with zero attached hydrogens (tertiary/aromatic N) is 1. The minimum Gasteiger partial charge on any atom is -0.493 e. The molecule has 33 heavy (non-hydrogen) atoms. The van der Waals surface area contributed by atoms with Crippen molar-refractivity contribution in [2.75, 3.05) is 27.8 Å². The second kappa shape index (κ2) is 6.39. The van der Waals surface area contributed by atoms with Crippen LogP contribution in [0.25, 0.3) is 0 Å². The maximum absolute atomic E-state index is 14.0. The number of benzene rings is 2. The smallest absolute Gasteiger partial charge is 0.168 e. The molecule has 6 aliphatic rings. The van der Waals surface area contributed by atoms with Gasteiger partial charge in [-0.15, -0.1) is 0 Å². The molecule has 2 aliphatic heterocycles. The van der Waals surface area contributed by atoms with Gasteiger partial charge in [0.25, 0.3) is 0 Å². The quantitative estimate of drug-likeness (QED) is 0.666. The van der Waals surface area contributed by atoms with Gasteiger partial charge in [0, 0.05) is 35.1 Å². The van der Waals surface area contributed by atoms with Crippen molar-refractivity contribution in [1.82, 2.24) is 4.90 Å². The first kappa shape index (κ1) is 20.0. The second-order valence-corrected chi connectivity index (χ2v) is 10.9. The molecule has 4 aliphatic carbocycles. The van der Waals surface area contributed by atoms with Crippen LogP contribution in [0.2, 0.25) is 0 Å². The van der Waals surface area contributed by atoms with E-state index in [9.17, 15) is 4.79 Å². The summed E-state index contributed by atoms with van der Waals surface area (Å²) < 4.78 is 19.2. The molecule has 2 heterocycles. The van der Waals surface area contributed by atoms with Crippen LogP contribution in [0.1, 0.15) is 47.2 Å². The van der Waals surface area contributed by atoms with Crippen LogP contribution in [0.15, 0.2) is 42.5 Å². The molecule has 3 saturated carbocycles. The number of piperidine rings is 1. The maximum atomic E-state index is 14.0. The number of fused-ring (bicyclic) bond motifs is 2. The number of ketones is 1. The Balaban J connectivity index is 1.49.